The number of benzene rings is 1. The van der Waals surface area contributed by atoms with E-state index in [0.717, 1.165) is 5.56 Å². The monoisotopic (exact) mass is 436 g/mol. The molecular formula is C19H15Cl3N4O2. The molecule has 1 aromatic carbocycles. The third-order valence-electron chi connectivity index (χ3n) is 4.85. The van der Waals surface area contributed by atoms with Gasteiger partial charge in [-0.2, -0.15) is 4.57 Å². The van der Waals surface area contributed by atoms with Crippen LogP contribution >= 0.6 is 34.8 Å². The van der Waals surface area contributed by atoms with Gasteiger partial charge in [-0.25, -0.2) is 9.55 Å². The van der Waals surface area contributed by atoms with E-state index in [1.54, 1.807) is 42.1 Å². The Labute approximate surface area is 176 Å². The number of hydrogen-bond donors (Lipinski definition) is 0. The maximum absolute atomic E-state index is 13.4. The molecule has 28 heavy (non-hydrogen) atoms. The van der Waals surface area contributed by atoms with Gasteiger partial charge in [0, 0.05) is 27.7 Å². The summed E-state index contributed by atoms with van der Waals surface area (Å²) in [7, 11) is 3.48. The molecule has 0 spiro atoms. The van der Waals surface area contributed by atoms with Crippen LogP contribution in [0.1, 0.15) is 11.6 Å². The van der Waals surface area contributed by atoms with E-state index in [9.17, 15) is 9.90 Å². The Bertz CT molecular complexity index is 1130. The molecule has 3 heterocycles. The highest BCUT2D eigenvalue weighted by atomic mass is 35.5. The largest absolute Gasteiger partial charge is 0.848 e. The zero-order valence-electron chi connectivity index (χ0n) is 15.0. The molecule has 0 radical (unpaired) electrons. The summed E-state index contributed by atoms with van der Waals surface area (Å²) < 4.78 is 3.07. The van der Waals surface area contributed by atoms with E-state index in [1.807, 2.05) is 18.0 Å². The molecule has 0 aliphatic carbocycles. The van der Waals surface area contributed by atoms with Crippen molar-refractivity contribution >= 4 is 40.8 Å². The highest BCUT2D eigenvalue weighted by Gasteiger charge is 2.39. The molecule has 0 fully saturated rings. The highest BCUT2D eigenvalue weighted by Crippen LogP contribution is 2.33. The summed E-state index contributed by atoms with van der Waals surface area (Å²) in [6.07, 6.45) is 1.64. The van der Waals surface area contributed by atoms with E-state index in [0.29, 0.717) is 33.3 Å². The van der Waals surface area contributed by atoms with E-state index in [1.165, 1.54) is 4.57 Å². The number of rotatable bonds is 2. The molecule has 0 saturated heterocycles. The SMILES string of the molecule is CN1CC(c2ccc(Cl)nc2)n2c1[n+](C)c([O-])c(-c1cc(Cl)cc(Cl)c1)c2=O. The van der Waals surface area contributed by atoms with Gasteiger partial charge in [0.2, 0.25) is 0 Å². The van der Waals surface area contributed by atoms with Crippen LogP contribution in [0.5, 0.6) is 5.88 Å². The van der Waals surface area contributed by atoms with Gasteiger partial charge < -0.3 is 5.11 Å². The summed E-state index contributed by atoms with van der Waals surface area (Å²) in [5, 5.41) is 14.1. The van der Waals surface area contributed by atoms with Gasteiger partial charge in [-0.05, 0) is 29.8 Å². The average Bonchev–Trinajstić information content (AvgIpc) is 2.97. The summed E-state index contributed by atoms with van der Waals surface area (Å²) >= 11 is 18.1. The molecule has 0 saturated carbocycles. The number of anilines is 1. The van der Waals surface area contributed by atoms with Crippen molar-refractivity contribution in [1.82, 2.24) is 9.55 Å². The molecule has 0 bridgehead atoms. The molecule has 9 heteroatoms. The zero-order chi connectivity index (χ0) is 20.2. The summed E-state index contributed by atoms with van der Waals surface area (Å²) in [6, 6.07) is 7.89. The Balaban J connectivity index is 2.00. The Kier molecular flexibility index (Phi) is 4.73. The van der Waals surface area contributed by atoms with Gasteiger partial charge in [0.15, 0.2) is 0 Å². The molecule has 4 rings (SSSR count). The molecule has 3 aromatic rings. The molecule has 1 atom stereocenters. The van der Waals surface area contributed by atoms with E-state index < -0.39 is 11.4 Å². The smallest absolute Gasteiger partial charge is 0.362 e. The first kappa shape index (κ1) is 19.1. The van der Waals surface area contributed by atoms with Gasteiger partial charge in [0.25, 0.3) is 0 Å². The van der Waals surface area contributed by atoms with Crippen LogP contribution in [0.25, 0.3) is 11.1 Å². The first-order chi connectivity index (χ1) is 13.3. The van der Waals surface area contributed by atoms with Crippen LogP contribution < -0.4 is 20.1 Å². The van der Waals surface area contributed by atoms with Crippen molar-refractivity contribution in [2.75, 3.05) is 18.5 Å². The van der Waals surface area contributed by atoms with E-state index >= 15 is 0 Å². The van der Waals surface area contributed by atoms with Gasteiger partial charge >= 0.3 is 11.5 Å². The third kappa shape index (κ3) is 3.02. The van der Waals surface area contributed by atoms with Gasteiger partial charge in [-0.15, -0.1) is 0 Å². The Hall–Kier alpha value is -2.28. The van der Waals surface area contributed by atoms with Crippen LogP contribution in [0, 0.1) is 0 Å². The maximum atomic E-state index is 13.4. The van der Waals surface area contributed by atoms with Crippen molar-refractivity contribution in [2.45, 2.75) is 6.04 Å². The number of likely N-dealkylation sites (N-methyl/N-ethyl adjacent to an activating group) is 1. The maximum Gasteiger partial charge on any atom is 0.362 e. The molecule has 0 N–H and O–H groups in total. The van der Waals surface area contributed by atoms with Crippen molar-refractivity contribution in [3.8, 4) is 17.0 Å². The second kappa shape index (κ2) is 6.95. The minimum atomic E-state index is -0.406. The molecule has 2 aromatic heterocycles. The quantitative estimate of drug-likeness (QED) is 0.457. The summed E-state index contributed by atoms with van der Waals surface area (Å²) in [4.78, 5) is 19.4. The summed E-state index contributed by atoms with van der Waals surface area (Å²) in [6.45, 7) is 0.519. The Morgan fingerprint density at radius 2 is 1.86 bits per heavy atom. The number of halogens is 3. The van der Waals surface area contributed by atoms with E-state index in [-0.39, 0.29) is 11.6 Å². The Morgan fingerprint density at radius 3 is 2.46 bits per heavy atom. The van der Waals surface area contributed by atoms with Gasteiger partial charge in [0.05, 0.1) is 19.7 Å². The number of pyridine rings is 1. The van der Waals surface area contributed by atoms with Crippen LogP contribution in [0.2, 0.25) is 15.2 Å². The van der Waals surface area contributed by atoms with Crippen molar-refractivity contribution in [2.24, 2.45) is 7.05 Å². The molecule has 1 unspecified atom stereocenters. The normalized spacial score (nSPS) is 15.8. The van der Waals surface area contributed by atoms with Crippen molar-refractivity contribution in [1.29, 1.82) is 0 Å². The lowest BCUT2D eigenvalue weighted by Crippen LogP contribution is -2.44. The molecule has 1 aliphatic heterocycles. The summed E-state index contributed by atoms with van der Waals surface area (Å²) in [5.74, 6) is 0.114. The van der Waals surface area contributed by atoms with E-state index in [2.05, 4.69) is 4.98 Å². The minimum Gasteiger partial charge on any atom is -0.848 e. The van der Waals surface area contributed by atoms with Gasteiger partial charge in [0.1, 0.15) is 17.7 Å². The summed E-state index contributed by atoms with van der Waals surface area (Å²) in [5.41, 5.74) is 0.838. The third-order valence-corrected chi connectivity index (χ3v) is 5.51. The van der Waals surface area contributed by atoms with Crippen LogP contribution in [-0.2, 0) is 7.05 Å². The number of nitrogens with zero attached hydrogens (tertiary/aromatic N) is 4. The van der Waals surface area contributed by atoms with Gasteiger partial charge in [-0.1, -0.05) is 40.9 Å². The second-order valence-corrected chi connectivity index (χ2v) is 7.94. The fourth-order valence-electron chi connectivity index (χ4n) is 3.65. The lowest BCUT2D eigenvalue weighted by Gasteiger charge is -2.19. The predicted octanol–water partition coefficient (Wildman–Crippen LogP) is 2.81. The highest BCUT2D eigenvalue weighted by molar-refractivity contribution is 6.35. The van der Waals surface area contributed by atoms with Crippen molar-refractivity contribution in [3.05, 3.63) is 67.6 Å². The second-order valence-electron chi connectivity index (χ2n) is 6.68. The lowest BCUT2D eigenvalue weighted by molar-refractivity contribution is -0.705. The first-order valence-corrected chi connectivity index (χ1v) is 9.56. The number of fused-ring (bicyclic) bond motifs is 1. The molecule has 6 nitrogen and oxygen atoms in total. The zero-order valence-corrected chi connectivity index (χ0v) is 17.3. The lowest BCUT2D eigenvalue weighted by atomic mass is 10.1. The van der Waals surface area contributed by atoms with Gasteiger partial charge in [-0.3, -0.25) is 9.69 Å². The van der Waals surface area contributed by atoms with E-state index in [4.69, 9.17) is 34.8 Å². The molecule has 144 valence electrons. The Morgan fingerprint density at radius 1 is 1.18 bits per heavy atom. The van der Waals surface area contributed by atoms with Crippen LogP contribution in [0.4, 0.5) is 5.95 Å². The minimum absolute atomic E-state index is 0.0258. The predicted molar refractivity (Wildman–Crippen MR) is 107 cm³/mol. The molecule has 1 aliphatic rings. The standard InChI is InChI=1S/C19H15Cl3N4O2/c1-24-9-14(10-3-4-15(22)23-8-10)26-18(28)16(17(27)25(2)19(24)26)11-5-12(20)7-13(21)6-11/h3-8,14H,9H2,1-2H3. The fourth-order valence-corrected chi connectivity index (χ4v) is 4.29. The van der Waals surface area contributed by atoms with Crippen molar-refractivity contribution in [3.63, 3.8) is 0 Å². The fraction of sp³-hybridized carbons (Fsp3) is 0.211. The number of hydrogen-bond acceptors (Lipinski definition) is 4. The van der Waals surface area contributed by atoms with Crippen LogP contribution in [0.15, 0.2) is 41.3 Å². The average molecular weight is 438 g/mol. The topological polar surface area (TPSA) is 65.1 Å². The van der Waals surface area contributed by atoms with Crippen LogP contribution in [-0.4, -0.2) is 23.1 Å². The van der Waals surface area contributed by atoms with Crippen LogP contribution in [0.3, 0.4) is 0 Å². The molecule has 0 amide bonds. The molecular weight excluding hydrogens is 423 g/mol. The number of aromatic nitrogens is 3. The van der Waals surface area contributed by atoms with Crippen molar-refractivity contribution < 1.29 is 9.67 Å². The first-order valence-electron chi connectivity index (χ1n) is 8.42.